The Bertz CT molecular complexity index is 3170. The molecule has 72 heavy (non-hydrogen) atoms. The van der Waals surface area contributed by atoms with Crippen molar-refractivity contribution >= 4 is 61.2 Å². The fourth-order valence-corrected chi connectivity index (χ4v) is 9.29. The number of aromatic nitrogens is 5. The molecular weight excluding hydrogens is 1040 g/mol. The van der Waals surface area contributed by atoms with Crippen LogP contribution in [0.2, 0.25) is 5.02 Å². The third-order valence-electron chi connectivity index (χ3n) is 12.1. The van der Waals surface area contributed by atoms with Crippen LogP contribution in [-0.4, -0.2) is 102 Å². The Balaban J connectivity index is 1.46. The van der Waals surface area contributed by atoms with E-state index in [1.54, 1.807) is 0 Å². The van der Waals surface area contributed by atoms with Crippen LogP contribution in [0.3, 0.4) is 0 Å². The highest BCUT2D eigenvalue weighted by molar-refractivity contribution is 7.92. The van der Waals surface area contributed by atoms with Gasteiger partial charge in [0.1, 0.15) is 47.4 Å². The maximum atomic E-state index is 15.6. The van der Waals surface area contributed by atoms with Crippen LogP contribution in [-0.2, 0) is 62.3 Å². The number of amides is 2. The Hall–Kier alpha value is -5.82. The summed E-state index contributed by atoms with van der Waals surface area (Å²) in [4.78, 5) is 33.1. The van der Waals surface area contributed by atoms with Crippen molar-refractivity contribution < 1.29 is 70.7 Å². The van der Waals surface area contributed by atoms with Crippen LogP contribution in [0.5, 0.6) is 0 Å². The summed E-state index contributed by atoms with van der Waals surface area (Å²) >= 11 is 3.23. The Labute approximate surface area is 411 Å². The van der Waals surface area contributed by atoms with Crippen LogP contribution in [0.4, 0.5) is 49.7 Å². The molecule has 2 aliphatic rings. The van der Waals surface area contributed by atoms with Crippen molar-refractivity contribution in [2.45, 2.75) is 81.2 Å². The zero-order valence-corrected chi connectivity index (χ0v) is 40.5. The van der Waals surface area contributed by atoms with Gasteiger partial charge >= 0.3 is 12.4 Å². The summed E-state index contributed by atoms with van der Waals surface area (Å²) in [6, 6.07) is 4.98. The maximum absolute atomic E-state index is 15.6. The number of halogens is 11. The van der Waals surface area contributed by atoms with E-state index in [0.29, 0.717) is 21.5 Å². The van der Waals surface area contributed by atoms with Gasteiger partial charge in [-0.25, -0.2) is 22.2 Å². The molecule has 1 saturated carbocycles. The Morgan fingerprint density at radius 2 is 1.69 bits per heavy atom. The summed E-state index contributed by atoms with van der Waals surface area (Å²) < 4.78 is 197. The lowest BCUT2D eigenvalue weighted by molar-refractivity contribution is -0.143. The SMILES string of the molecule is CN(CCCN)C(=O)CN(c1nn(CC(F)(F)F)c2c(-c3ccc(C#CC(C)(C)S(C)(=O)=O)nc3C(Cc3cc(F)cc(F)c3)NC(=O)Cn3nc(C(F)(F)F)c4c3C(F)(F)[C@@H]3C[C@H]43)ccc(Cl)c12)S(=O)[O-]. The smallest absolute Gasteiger partial charge is 0.435 e. The molecule has 4 atom stereocenters. The van der Waals surface area contributed by atoms with Crippen molar-refractivity contribution in [3.63, 3.8) is 0 Å². The molecule has 3 N–H and O–H groups in total. The minimum atomic E-state index is -5.21. The number of likely N-dealkylation sites (N-methyl/N-ethyl adjacent to an activating group) is 1. The summed E-state index contributed by atoms with van der Waals surface area (Å²) in [5.41, 5.74) is -0.0738. The summed E-state index contributed by atoms with van der Waals surface area (Å²) in [6.07, 6.45) is -10.1. The van der Waals surface area contributed by atoms with E-state index in [1.807, 2.05) is 0 Å². The summed E-state index contributed by atoms with van der Waals surface area (Å²) in [6.45, 7) is -1.48. The van der Waals surface area contributed by atoms with Crippen LogP contribution < -0.4 is 15.4 Å². The largest absolute Gasteiger partial charge is 0.755 e. The number of rotatable bonds is 16. The van der Waals surface area contributed by atoms with E-state index < -0.39 is 156 Å². The standard InChI is InChI=1S/C44H42ClF10N9O6S2/c1-41(2,72(4,69)70)11-10-25-6-7-26(27-8-9-30(45)35-37(27)63(21-42(48,49)50)60-40(35)64(71(67)68)20-33(66)61(3)13-5-12-56)36(57-25)31(16-22-14-23(46)17-24(47)15-22)58-32(65)19-62-39-34(38(59-62)44(53,54)55)28-18-29(28)43(39,51)52/h6-9,14-15,17,28-29,31H,5,12-13,16,18-21,56H2,1-4H3,(H,58,65)(H,67,68)/p-1/t28-,29+,31?/m0/s1. The number of sulfone groups is 1. The minimum Gasteiger partial charge on any atom is -0.755 e. The number of anilines is 1. The zero-order chi connectivity index (χ0) is 53.2. The van der Waals surface area contributed by atoms with Crippen molar-refractivity contribution in [1.29, 1.82) is 0 Å². The van der Waals surface area contributed by atoms with E-state index >= 15 is 8.78 Å². The summed E-state index contributed by atoms with van der Waals surface area (Å²) in [5, 5.41) is 8.95. The van der Waals surface area contributed by atoms with Crippen molar-refractivity contribution in [3.05, 3.63) is 93.0 Å². The molecule has 0 radical (unpaired) electrons. The van der Waals surface area contributed by atoms with Gasteiger partial charge in [-0.3, -0.25) is 27.5 Å². The van der Waals surface area contributed by atoms with Crippen molar-refractivity contribution in [2.75, 3.05) is 37.2 Å². The third-order valence-corrected chi connectivity index (χ3v) is 15.1. The van der Waals surface area contributed by atoms with Crippen LogP contribution in [0.1, 0.15) is 72.6 Å². The van der Waals surface area contributed by atoms with Gasteiger partial charge in [-0.15, -0.1) is 0 Å². The van der Waals surface area contributed by atoms with Gasteiger partial charge in [0.05, 0.1) is 27.7 Å². The number of hydrogen-bond donors (Lipinski definition) is 2. The van der Waals surface area contributed by atoms with E-state index in [1.165, 1.54) is 33.0 Å². The van der Waals surface area contributed by atoms with E-state index in [9.17, 15) is 61.9 Å². The first-order valence-electron chi connectivity index (χ1n) is 21.4. The molecule has 2 amide bonds. The number of fused-ring (bicyclic) bond motifs is 4. The number of nitrogens with zero attached hydrogens (tertiary/aromatic N) is 7. The van der Waals surface area contributed by atoms with Crippen molar-refractivity contribution in [3.8, 4) is 23.0 Å². The molecule has 388 valence electrons. The number of hydrogen-bond acceptors (Lipinski definition) is 10. The van der Waals surface area contributed by atoms with Crippen LogP contribution >= 0.6 is 11.6 Å². The average Bonchev–Trinajstić information content (AvgIpc) is 3.77. The van der Waals surface area contributed by atoms with Crippen LogP contribution in [0.15, 0.2) is 42.5 Å². The highest BCUT2D eigenvalue weighted by Gasteiger charge is 2.68. The van der Waals surface area contributed by atoms with Gasteiger partial charge in [0.2, 0.25) is 11.8 Å². The first-order valence-corrected chi connectivity index (χ1v) is 24.7. The minimum absolute atomic E-state index is 0.0663. The molecule has 0 aliphatic heterocycles. The topological polar surface area (TPSA) is 201 Å². The highest BCUT2D eigenvalue weighted by atomic mass is 35.5. The maximum Gasteiger partial charge on any atom is 0.435 e. The Morgan fingerprint density at radius 1 is 1.04 bits per heavy atom. The van der Waals surface area contributed by atoms with Crippen LogP contribution in [0.25, 0.3) is 22.0 Å². The van der Waals surface area contributed by atoms with Gasteiger partial charge in [0.15, 0.2) is 21.3 Å². The third kappa shape index (κ3) is 11.1. The monoisotopic (exact) mass is 1080 g/mol. The molecule has 3 aromatic heterocycles. The van der Waals surface area contributed by atoms with Crippen LogP contribution in [0, 0.1) is 29.4 Å². The molecule has 7 rings (SSSR count). The predicted molar refractivity (Wildman–Crippen MR) is 240 cm³/mol. The molecule has 2 unspecified atom stereocenters. The second-order valence-electron chi connectivity index (χ2n) is 17.7. The van der Waals surface area contributed by atoms with Gasteiger partial charge in [-0.05, 0) is 87.4 Å². The van der Waals surface area contributed by atoms with Gasteiger partial charge in [0, 0.05) is 59.8 Å². The predicted octanol–water partition coefficient (Wildman–Crippen LogP) is 6.70. The Kier molecular flexibility index (Phi) is 14.7. The molecular formula is C44H41ClF10N9O6S2-. The molecule has 3 heterocycles. The van der Waals surface area contributed by atoms with E-state index in [2.05, 4.69) is 32.3 Å². The molecule has 0 spiro atoms. The molecule has 2 aromatic carbocycles. The van der Waals surface area contributed by atoms with Gasteiger partial charge in [0.25, 0.3) is 5.92 Å². The lowest BCUT2D eigenvalue weighted by Crippen LogP contribution is -2.40. The molecule has 0 saturated heterocycles. The van der Waals surface area contributed by atoms with E-state index in [0.717, 1.165) is 35.4 Å². The molecule has 2 aliphatic carbocycles. The molecule has 1 fully saturated rings. The normalized spacial score (nSPS) is 17.2. The van der Waals surface area contributed by atoms with Crippen molar-refractivity contribution in [1.82, 2.24) is 34.8 Å². The second kappa shape index (κ2) is 19.6. The number of alkyl halides is 8. The molecule has 5 aromatic rings. The zero-order valence-electron chi connectivity index (χ0n) is 38.1. The second-order valence-corrected chi connectivity index (χ2v) is 21.6. The quantitative estimate of drug-likeness (QED) is 0.0609. The molecule has 15 nitrogen and oxygen atoms in total. The lowest BCUT2D eigenvalue weighted by atomic mass is 9.93. The van der Waals surface area contributed by atoms with Gasteiger partial charge in [-0.2, -0.15) is 45.3 Å². The fourth-order valence-electron chi connectivity index (χ4n) is 8.33. The van der Waals surface area contributed by atoms with E-state index in [4.69, 9.17) is 17.3 Å². The van der Waals surface area contributed by atoms with Gasteiger partial charge in [-0.1, -0.05) is 23.6 Å². The van der Waals surface area contributed by atoms with Gasteiger partial charge < -0.3 is 20.5 Å². The summed E-state index contributed by atoms with van der Waals surface area (Å²) in [7, 11) is -2.57. The number of pyridine rings is 1. The van der Waals surface area contributed by atoms with E-state index in [-0.39, 0.29) is 46.6 Å². The average molecular weight is 1080 g/mol. The fraction of sp³-hybridized carbons (Fsp3) is 0.432. The first kappa shape index (κ1) is 54.0. The molecule has 0 bridgehead atoms. The first-order chi connectivity index (χ1) is 33.3. The number of carbonyl (C=O) groups is 2. The molecule has 28 heteroatoms. The highest BCUT2D eigenvalue weighted by Crippen LogP contribution is 2.68. The number of nitrogens with one attached hydrogen (secondary N) is 1. The van der Waals surface area contributed by atoms with Crippen molar-refractivity contribution in [2.24, 2.45) is 11.7 Å². The number of benzene rings is 2. The number of carbonyl (C=O) groups excluding carboxylic acids is 2. The summed E-state index contributed by atoms with van der Waals surface area (Å²) in [5.74, 6) is -6.55. The Morgan fingerprint density at radius 3 is 2.29 bits per heavy atom. The lowest BCUT2D eigenvalue weighted by Gasteiger charge is -2.26. The number of nitrogens with two attached hydrogens (primary N) is 1.